The number of nitrogen functional groups attached to an aromatic ring is 2. The van der Waals surface area contributed by atoms with E-state index in [1.165, 1.54) is 16.2 Å². The highest BCUT2D eigenvalue weighted by Crippen LogP contribution is 2.58. The quantitative estimate of drug-likeness (QED) is 0.316. The summed E-state index contributed by atoms with van der Waals surface area (Å²) >= 11 is 10.1. The van der Waals surface area contributed by atoms with Gasteiger partial charge in [-0.15, -0.1) is 23.1 Å². The molecule has 8 rings (SSSR count). The Morgan fingerprint density at radius 2 is 2.14 bits per heavy atom. The molecule has 15 heteroatoms. The number of rotatable bonds is 6. The summed E-state index contributed by atoms with van der Waals surface area (Å²) in [6, 6.07) is 6.23. The van der Waals surface area contributed by atoms with Crippen LogP contribution in [0.4, 0.5) is 21.0 Å². The van der Waals surface area contributed by atoms with Crippen LogP contribution in [-0.2, 0) is 17.0 Å². The van der Waals surface area contributed by atoms with Crippen LogP contribution in [0.15, 0.2) is 18.3 Å². The number of halogens is 2. The van der Waals surface area contributed by atoms with Gasteiger partial charge >= 0.3 is 6.01 Å². The highest BCUT2D eigenvalue weighted by Gasteiger charge is 2.53. The Labute approximate surface area is 260 Å². The zero-order chi connectivity index (χ0) is 29.5. The van der Waals surface area contributed by atoms with E-state index < -0.39 is 6.17 Å². The summed E-state index contributed by atoms with van der Waals surface area (Å²) < 4.78 is 22.2. The molecular weight excluding hydrogens is 611 g/mol. The van der Waals surface area contributed by atoms with E-state index in [0.29, 0.717) is 72.4 Å². The summed E-state index contributed by atoms with van der Waals surface area (Å²) in [7, 11) is 0. The Kier molecular flexibility index (Phi) is 6.21. The number of fused-ring (bicyclic) bond motifs is 4. The molecule has 0 saturated carbocycles. The molecule has 0 aliphatic carbocycles. The molecule has 0 amide bonds. The average molecular weight is 639 g/mol. The number of hydrogen-bond acceptors (Lipinski definition) is 12. The van der Waals surface area contributed by atoms with Crippen molar-refractivity contribution in [1.82, 2.24) is 29.6 Å². The van der Waals surface area contributed by atoms with Crippen molar-refractivity contribution in [2.45, 2.75) is 48.0 Å². The van der Waals surface area contributed by atoms with Gasteiger partial charge in [0.15, 0.2) is 10.8 Å². The normalized spacial score (nSPS) is 23.9. The molecule has 43 heavy (non-hydrogen) atoms. The van der Waals surface area contributed by atoms with Crippen molar-refractivity contribution in [3.05, 3.63) is 45.1 Å². The number of nitrogens with two attached hydrogens (primary N) is 2. The van der Waals surface area contributed by atoms with Crippen molar-refractivity contribution in [3.8, 4) is 12.1 Å². The van der Waals surface area contributed by atoms with E-state index in [1.54, 1.807) is 10.9 Å². The number of nitriles is 1. The second-order valence-electron chi connectivity index (χ2n) is 11.8. The summed E-state index contributed by atoms with van der Waals surface area (Å²) in [5.74, 6) is 1.84. The van der Waals surface area contributed by atoms with Gasteiger partial charge in [-0.25, -0.2) is 14.1 Å². The molecule has 8 heterocycles. The second kappa shape index (κ2) is 9.82. The molecule has 222 valence electrons. The summed E-state index contributed by atoms with van der Waals surface area (Å²) in [6.45, 7) is 3.17. The van der Waals surface area contributed by atoms with Crippen LogP contribution in [0.3, 0.4) is 0 Å². The molecule has 3 fully saturated rings. The van der Waals surface area contributed by atoms with Gasteiger partial charge in [-0.2, -0.15) is 20.3 Å². The highest BCUT2D eigenvalue weighted by atomic mass is 35.5. The fourth-order valence-electron chi connectivity index (χ4n) is 7.23. The van der Waals surface area contributed by atoms with Crippen LogP contribution in [-0.4, -0.2) is 74.1 Å². The SMILES string of the molecule is N#Cc1c(N)sc2c1C1(CN(c3nc(OC[C@@]45CCCN4C[C@H](F)C5)nc4c3c(Cl)nn4Cc3cccnc3N)C1)SC2. The number of thiophene rings is 1. The number of ether oxygens (including phenoxy) is 1. The zero-order valence-electron chi connectivity index (χ0n) is 23.1. The lowest BCUT2D eigenvalue weighted by Crippen LogP contribution is -2.57. The van der Waals surface area contributed by atoms with Gasteiger partial charge in [-0.3, -0.25) is 4.90 Å². The molecule has 4 aromatic rings. The van der Waals surface area contributed by atoms with Crippen molar-refractivity contribution in [1.29, 1.82) is 5.26 Å². The molecule has 4 N–H and O–H groups in total. The second-order valence-corrected chi connectivity index (χ2v) is 14.6. The molecule has 3 saturated heterocycles. The monoisotopic (exact) mass is 638 g/mol. The Morgan fingerprint density at radius 3 is 2.95 bits per heavy atom. The number of alkyl halides is 1. The van der Waals surface area contributed by atoms with Crippen LogP contribution in [0.2, 0.25) is 5.15 Å². The number of nitrogens with zero attached hydrogens (tertiary/aromatic N) is 8. The molecule has 4 aliphatic rings. The van der Waals surface area contributed by atoms with Crippen LogP contribution >= 0.6 is 34.7 Å². The number of hydrogen-bond donors (Lipinski definition) is 2. The Bertz CT molecular complexity index is 1820. The predicted octanol–water partition coefficient (Wildman–Crippen LogP) is 3.94. The number of aromatic nitrogens is 5. The topological polar surface area (TPSA) is 148 Å². The van der Waals surface area contributed by atoms with Crippen molar-refractivity contribution >= 4 is 62.4 Å². The Morgan fingerprint density at radius 1 is 1.28 bits per heavy atom. The van der Waals surface area contributed by atoms with Gasteiger partial charge in [0.1, 0.15) is 40.9 Å². The molecule has 1 spiro atoms. The number of pyridine rings is 1. The maximum atomic E-state index is 14.4. The smallest absolute Gasteiger partial charge is 0.320 e. The van der Waals surface area contributed by atoms with E-state index >= 15 is 0 Å². The first-order valence-electron chi connectivity index (χ1n) is 14.2. The Hall–Kier alpha value is -3.38. The maximum absolute atomic E-state index is 14.4. The molecule has 0 radical (unpaired) electrons. The standard InChI is InChI=1S/C28H28ClFN10OS2/c29-21-19-24(38-12-28(13-38)20-17(8-31)23(33)43-18(20)11-42-28)35-26(41-14-27-4-2-6-39(27)10-16(30)7-27)36-25(19)40(37-21)9-15-3-1-5-34-22(15)32/h1,3,5,16H,2,4,6-7,9-14,33H2,(H2,32,34)/t16-,27+/m1/s1. The lowest BCUT2D eigenvalue weighted by Gasteiger charge is -2.48. The minimum absolute atomic E-state index is 0.196. The summed E-state index contributed by atoms with van der Waals surface area (Å²) in [5.41, 5.74) is 14.9. The van der Waals surface area contributed by atoms with Crippen LogP contribution in [0.25, 0.3) is 11.0 Å². The molecule has 0 bridgehead atoms. The largest absolute Gasteiger partial charge is 0.461 e. The lowest BCUT2D eigenvalue weighted by atomic mass is 9.88. The Balaban J connectivity index is 1.17. The molecule has 4 aromatic heterocycles. The minimum Gasteiger partial charge on any atom is -0.461 e. The minimum atomic E-state index is -0.858. The third-order valence-corrected chi connectivity index (χ3v) is 12.1. The van der Waals surface area contributed by atoms with Gasteiger partial charge in [0.2, 0.25) is 0 Å². The van der Waals surface area contributed by atoms with E-state index in [9.17, 15) is 9.65 Å². The maximum Gasteiger partial charge on any atom is 0.320 e. The van der Waals surface area contributed by atoms with Crippen molar-refractivity contribution in [2.75, 3.05) is 49.2 Å². The first-order chi connectivity index (χ1) is 20.8. The van der Waals surface area contributed by atoms with Gasteiger partial charge in [0.25, 0.3) is 0 Å². The third kappa shape index (κ3) is 4.16. The van der Waals surface area contributed by atoms with Crippen LogP contribution in [0.1, 0.15) is 40.8 Å². The summed E-state index contributed by atoms with van der Waals surface area (Å²) in [4.78, 5) is 19.4. The van der Waals surface area contributed by atoms with Crippen molar-refractivity contribution in [3.63, 3.8) is 0 Å². The molecule has 0 unspecified atom stereocenters. The van der Waals surface area contributed by atoms with Crippen LogP contribution < -0.4 is 21.1 Å². The molecule has 0 aromatic carbocycles. The van der Waals surface area contributed by atoms with Gasteiger partial charge in [0, 0.05) is 54.0 Å². The van der Waals surface area contributed by atoms with Gasteiger partial charge < -0.3 is 21.1 Å². The van der Waals surface area contributed by atoms with E-state index in [4.69, 9.17) is 37.8 Å². The van der Waals surface area contributed by atoms with Crippen molar-refractivity contribution in [2.24, 2.45) is 0 Å². The number of anilines is 3. The van der Waals surface area contributed by atoms with Gasteiger partial charge in [-0.1, -0.05) is 17.7 Å². The third-order valence-electron chi connectivity index (χ3n) is 9.23. The first-order valence-corrected chi connectivity index (χ1v) is 16.3. The van der Waals surface area contributed by atoms with E-state index in [1.807, 2.05) is 23.9 Å². The summed E-state index contributed by atoms with van der Waals surface area (Å²) in [5, 5.41) is 15.9. The lowest BCUT2D eigenvalue weighted by molar-refractivity contribution is 0.107. The van der Waals surface area contributed by atoms with Gasteiger partial charge in [-0.05, 0) is 25.5 Å². The predicted molar refractivity (Wildman–Crippen MR) is 165 cm³/mol. The molecular formula is C28H28ClFN10OS2. The highest BCUT2D eigenvalue weighted by molar-refractivity contribution is 8.00. The van der Waals surface area contributed by atoms with E-state index in [2.05, 4.69) is 26.0 Å². The fourth-order valence-corrected chi connectivity index (χ4v) is 10.3. The fraction of sp³-hybridized carbons (Fsp3) is 0.464. The zero-order valence-corrected chi connectivity index (χ0v) is 25.5. The van der Waals surface area contributed by atoms with Crippen LogP contribution in [0, 0.1) is 11.3 Å². The number of thioether (sulfide) groups is 1. The molecule has 2 atom stereocenters. The van der Waals surface area contributed by atoms with Gasteiger partial charge in [0.05, 0.1) is 22.4 Å². The van der Waals surface area contributed by atoms with Crippen LogP contribution in [0.5, 0.6) is 6.01 Å². The van der Waals surface area contributed by atoms with E-state index in [-0.39, 0.29) is 21.4 Å². The molecule has 11 nitrogen and oxygen atoms in total. The summed E-state index contributed by atoms with van der Waals surface area (Å²) in [6.07, 6.45) is 3.13. The van der Waals surface area contributed by atoms with E-state index in [0.717, 1.165) is 36.3 Å². The molecule has 4 aliphatic heterocycles. The average Bonchev–Trinajstić information content (AvgIpc) is 3.74. The van der Waals surface area contributed by atoms with Crippen molar-refractivity contribution < 1.29 is 9.13 Å². The first kappa shape index (κ1) is 27.2.